The van der Waals surface area contributed by atoms with Crippen molar-refractivity contribution in [2.24, 2.45) is 0 Å². The van der Waals surface area contributed by atoms with Crippen LogP contribution in [0.3, 0.4) is 0 Å². The highest BCUT2D eigenvalue weighted by molar-refractivity contribution is 7.08. The fourth-order valence-electron chi connectivity index (χ4n) is 2.94. The van der Waals surface area contributed by atoms with Gasteiger partial charge in [0.05, 0.1) is 24.4 Å². The lowest BCUT2D eigenvalue weighted by Crippen LogP contribution is -2.32. The zero-order valence-electron chi connectivity index (χ0n) is 15.4. The summed E-state index contributed by atoms with van der Waals surface area (Å²) >= 11 is 1.61. The van der Waals surface area contributed by atoms with Crippen molar-refractivity contribution >= 4 is 23.2 Å². The zero-order chi connectivity index (χ0) is 19.4. The Balaban J connectivity index is 1.74. The van der Waals surface area contributed by atoms with Crippen LogP contribution in [0.25, 0.3) is 0 Å². The van der Waals surface area contributed by atoms with Gasteiger partial charge in [-0.05, 0) is 66.6 Å². The number of rotatable bonds is 6. The summed E-state index contributed by atoms with van der Waals surface area (Å²) in [5, 5.41) is 11.6. The van der Waals surface area contributed by atoms with E-state index in [9.17, 15) is 9.59 Å². The predicted molar refractivity (Wildman–Crippen MR) is 104 cm³/mol. The van der Waals surface area contributed by atoms with E-state index in [1.807, 2.05) is 36.0 Å². The summed E-state index contributed by atoms with van der Waals surface area (Å²) in [5.41, 5.74) is 3.98. The molecule has 0 aliphatic carbocycles. The van der Waals surface area contributed by atoms with Gasteiger partial charge >= 0.3 is 5.97 Å². The summed E-state index contributed by atoms with van der Waals surface area (Å²) in [4.78, 5) is 24.0. The molecule has 1 amide bonds. The molecule has 1 aromatic carbocycles. The maximum absolute atomic E-state index is 12.5. The van der Waals surface area contributed by atoms with Gasteiger partial charge in [0.15, 0.2) is 0 Å². The minimum Gasteiger partial charge on any atom is -0.465 e. The Morgan fingerprint density at radius 2 is 1.89 bits per heavy atom. The number of methoxy groups -OCH3 is 1. The Bertz CT molecular complexity index is 930. The predicted octanol–water partition coefficient (Wildman–Crippen LogP) is 3.37. The second kappa shape index (κ2) is 8.18. The van der Waals surface area contributed by atoms with E-state index < -0.39 is 5.97 Å². The highest BCUT2D eigenvalue weighted by Crippen LogP contribution is 2.22. The van der Waals surface area contributed by atoms with Crippen LogP contribution in [-0.2, 0) is 4.74 Å². The van der Waals surface area contributed by atoms with Crippen molar-refractivity contribution in [2.75, 3.05) is 13.7 Å². The van der Waals surface area contributed by atoms with E-state index >= 15 is 0 Å². The van der Waals surface area contributed by atoms with Crippen LogP contribution in [0.2, 0.25) is 0 Å². The number of carbonyl (C=O) groups excluding carboxylic acids is 2. The van der Waals surface area contributed by atoms with Crippen molar-refractivity contribution in [3.05, 3.63) is 75.2 Å². The SMILES string of the molecule is COC(=O)c1ccc(C(=O)NCC(c2ccsc2)n2nc(C)cc2C)cc1. The molecule has 3 aromatic rings. The minimum absolute atomic E-state index is 0.0803. The largest absolute Gasteiger partial charge is 0.465 e. The molecule has 1 N–H and O–H groups in total. The first-order valence-electron chi connectivity index (χ1n) is 8.51. The summed E-state index contributed by atoms with van der Waals surface area (Å²) < 4.78 is 6.61. The molecule has 3 rings (SSSR count). The molecule has 0 spiro atoms. The molecule has 2 aromatic heterocycles. The average molecular weight is 383 g/mol. The number of ether oxygens (including phenoxy) is 1. The number of hydrogen-bond donors (Lipinski definition) is 1. The van der Waals surface area contributed by atoms with Gasteiger partial charge in [0.2, 0.25) is 0 Å². The molecule has 27 heavy (non-hydrogen) atoms. The van der Waals surface area contributed by atoms with Crippen LogP contribution in [0.4, 0.5) is 0 Å². The smallest absolute Gasteiger partial charge is 0.337 e. The third-order valence-electron chi connectivity index (χ3n) is 4.29. The lowest BCUT2D eigenvalue weighted by atomic mass is 10.1. The summed E-state index contributed by atoms with van der Waals surface area (Å²) in [6, 6.07) is 10.4. The van der Waals surface area contributed by atoms with Crippen molar-refractivity contribution in [1.82, 2.24) is 15.1 Å². The third-order valence-corrected chi connectivity index (χ3v) is 4.99. The first-order valence-corrected chi connectivity index (χ1v) is 9.45. The van der Waals surface area contributed by atoms with Crippen LogP contribution >= 0.6 is 11.3 Å². The van der Waals surface area contributed by atoms with Crippen LogP contribution in [0.1, 0.15) is 43.7 Å². The normalized spacial score (nSPS) is 11.8. The summed E-state index contributed by atoms with van der Waals surface area (Å²) in [6.45, 7) is 4.37. The van der Waals surface area contributed by atoms with E-state index in [0.29, 0.717) is 17.7 Å². The molecule has 0 saturated heterocycles. The van der Waals surface area contributed by atoms with E-state index in [-0.39, 0.29) is 11.9 Å². The van der Waals surface area contributed by atoms with Crippen LogP contribution in [0, 0.1) is 13.8 Å². The molecule has 6 nitrogen and oxygen atoms in total. The minimum atomic E-state index is -0.427. The fourth-order valence-corrected chi connectivity index (χ4v) is 3.65. The number of hydrogen-bond acceptors (Lipinski definition) is 5. The number of esters is 1. The van der Waals surface area contributed by atoms with Gasteiger partial charge in [-0.2, -0.15) is 16.4 Å². The Kier molecular flexibility index (Phi) is 5.71. The van der Waals surface area contributed by atoms with Gasteiger partial charge < -0.3 is 10.1 Å². The van der Waals surface area contributed by atoms with Crippen LogP contribution in [0.15, 0.2) is 47.2 Å². The Morgan fingerprint density at radius 1 is 1.19 bits per heavy atom. The van der Waals surface area contributed by atoms with Crippen molar-refractivity contribution < 1.29 is 14.3 Å². The van der Waals surface area contributed by atoms with Crippen LogP contribution in [-0.4, -0.2) is 35.3 Å². The molecule has 0 fully saturated rings. The Hall–Kier alpha value is -2.93. The molecule has 7 heteroatoms. The first kappa shape index (κ1) is 18.8. The quantitative estimate of drug-likeness (QED) is 0.663. The molecule has 1 unspecified atom stereocenters. The van der Waals surface area contributed by atoms with E-state index in [1.165, 1.54) is 7.11 Å². The third kappa shape index (κ3) is 4.25. The lowest BCUT2D eigenvalue weighted by molar-refractivity contribution is 0.0600. The number of thiophene rings is 1. The van der Waals surface area contributed by atoms with Crippen LogP contribution < -0.4 is 5.32 Å². The maximum Gasteiger partial charge on any atom is 0.337 e. The lowest BCUT2D eigenvalue weighted by Gasteiger charge is -2.19. The van der Waals surface area contributed by atoms with Crippen molar-refractivity contribution in [2.45, 2.75) is 19.9 Å². The van der Waals surface area contributed by atoms with Gasteiger partial charge in [-0.3, -0.25) is 9.48 Å². The highest BCUT2D eigenvalue weighted by atomic mass is 32.1. The van der Waals surface area contributed by atoms with Crippen molar-refractivity contribution in [3.8, 4) is 0 Å². The summed E-state index contributed by atoms with van der Waals surface area (Å²) in [5.74, 6) is -0.628. The van der Waals surface area contributed by atoms with Crippen molar-refractivity contribution in [1.29, 1.82) is 0 Å². The number of aryl methyl sites for hydroxylation is 2. The van der Waals surface area contributed by atoms with Gasteiger partial charge in [0, 0.05) is 17.8 Å². The van der Waals surface area contributed by atoms with Gasteiger partial charge in [0.25, 0.3) is 5.91 Å². The second-order valence-corrected chi connectivity index (χ2v) is 7.00. The standard InChI is InChI=1S/C20H21N3O3S/c1-13-10-14(2)23(22-13)18(17-8-9-27-12-17)11-21-19(24)15-4-6-16(7-5-15)20(25)26-3/h4-10,12,18H,11H2,1-3H3,(H,21,24). The van der Waals surface area contributed by atoms with Gasteiger partial charge in [-0.25, -0.2) is 4.79 Å². The Morgan fingerprint density at radius 3 is 2.44 bits per heavy atom. The zero-order valence-corrected chi connectivity index (χ0v) is 16.2. The molecule has 0 bridgehead atoms. The van der Waals surface area contributed by atoms with Gasteiger partial charge in [-0.15, -0.1) is 0 Å². The molecular weight excluding hydrogens is 362 g/mol. The monoisotopic (exact) mass is 383 g/mol. The number of nitrogens with zero attached hydrogens (tertiary/aromatic N) is 2. The van der Waals surface area contributed by atoms with Gasteiger partial charge in [0.1, 0.15) is 0 Å². The summed E-state index contributed by atoms with van der Waals surface area (Å²) in [7, 11) is 1.33. The molecule has 0 aliphatic heterocycles. The number of aromatic nitrogens is 2. The number of benzene rings is 1. The molecule has 140 valence electrons. The van der Waals surface area contributed by atoms with E-state index in [1.54, 1.807) is 35.6 Å². The second-order valence-electron chi connectivity index (χ2n) is 6.22. The molecule has 0 saturated carbocycles. The molecule has 0 radical (unpaired) electrons. The number of carbonyl (C=O) groups is 2. The molecule has 2 heterocycles. The van der Waals surface area contributed by atoms with E-state index in [0.717, 1.165) is 17.0 Å². The topological polar surface area (TPSA) is 73.2 Å². The van der Waals surface area contributed by atoms with E-state index in [4.69, 9.17) is 0 Å². The van der Waals surface area contributed by atoms with Gasteiger partial charge in [-0.1, -0.05) is 0 Å². The molecule has 0 aliphatic rings. The van der Waals surface area contributed by atoms with Crippen LogP contribution in [0.5, 0.6) is 0 Å². The maximum atomic E-state index is 12.5. The number of amides is 1. The highest BCUT2D eigenvalue weighted by Gasteiger charge is 2.19. The first-order chi connectivity index (χ1) is 13.0. The fraction of sp³-hybridized carbons (Fsp3) is 0.250. The molecular formula is C20H21N3O3S. The Labute approximate surface area is 161 Å². The van der Waals surface area contributed by atoms with E-state index in [2.05, 4.69) is 20.5 Å². The number of nitrogens with one attached hydrogen (secondary N) is 1. The van der Waals surface area contributed by atoms with Crippen molar-refractivity contribution in [3.63, 3.8) is 0 Å². The summed E-state index contributed by atoms with van der Waals surface area (Å²) in [6.07, 6.45) is 0. The molecule has 1 atom stereocenters. The average Bonchev–Trinajstić information content (AvgIpc) is 3.31.